The van der Waals surface area contributed by atoms with Crippen LogP contribution in [-0.2, 0) is 0 Å². The number of ether oxygens (including phenoxy) is 1. The van der Waals surface area contributed by atoms with E-state index in [-0.39, 0.29) is 17.1 Å². The van der Waals surface area contributed by atoms with Crippen molar-refractivity contribution in [1.82, 2.24) is 0 Å². The van der Waals surface area contributed by atoms with Crippen molar-refractivity contribution in [3.63, 3.8) is 0 Å². The normalized spacial score (nSPS) is 10.2. The van der Waals surface area contributed by atoms with Crippen LogP contribution in [0, 0.1) is 27.2 Å². The lowest BCUT2D eigenvalue weighted by atomic mass is 10.2. The second-order valence-electron chi connectivity index (χ2n) is 4.18. The zero-order chi connectivity index (χ0) is 15.6. The van der Waals surface area contributed by atoms with Crippen LogP contribution in [0.15, 0.2) is 40.9 Å². The molecule has 2 aromatic carbocycles. The summed E-state index contributed by atoms with van der Waals surface area (Å²) in [6, 6.07) is 8.56. The quantitative estimate of drug-likeness (QED) is 0.601. The number of rotatable bonds is 4. The third-order valence-corrected chi connectivity index (χ3v) is 3.20. The van der Waals surface area contributed by atoms with E-state index >= 15 is 0 Å². The summed E-state index contributed by atoms with van der Waals surface area (Å²) in [5.41, 5.74) is 0.185. The number of benzene rings is 2. The van der Waals surface area contributed by atoms with Crippen molar-refractivity contribution in [3.05, 3.63) is 66.7 Å². The van der Waals surface area contributed by atoms with Gasteiger partial charge in [-0.25, -0.2) is 0 Å². The summed E-state index contributed by atoms with van der Waals surface area (Å²) < 4.78 is 6.01. The molecule has 0 saturated carbocycles. The van der Waals surface area contributed by atoms with E-state index in [0.717, 1.165) is 0 Å². The summed E-state index contributed by atoms with van der Waals surface area (Å²) in [5, 5.41) is 21.7. The Morgan fingerprint density at radius 1 is 1.00 bits per heavy atom. The molecule has 2 aromatic rings. The van der Waals surface area contributed by atoms with Gasteiger partial charge in [-0.1, -0.05) is 15.9 Å². The number of nitro benzene ring substituents is 2. The molecule has 21 heavy (non-hydrogen) atoms. The van der Waals surface area contributed by atoms with Gasteiger partial charge in [0.15, 0.2) is 0 Å². The third kappa shape index (κ3) is 3.34. The Morgan fingerprint density at radius 3 is 2.24 bits per heavy atom. The van der Waals surface area contributed by atoms with E-state index in [2.05, 4.69) is 15.9 Å². The fourth-order valence-corrected chi connectivity index (χ4v) is 2.09. The number of halogens is 1. The molecule has 0 atom stereocenters. The van der Waals surface area contributed by atoms with Crippen molar-refractivity contribution in [2.75, 3.05) is 0 Å². The van der Waals surface area contributed by atoms with Crippen LogP contribution in [0.5, 0.6) is 11.5 Å². The van der Waals surface area contributed by atoms with Gasteiger partial charge in [-0.15, -0.1) is 0 Å². The molecule has 0 unspecified atom stereocenters. The minimum Gasteiger partial charge on any atom is -0.450 e. The number of nitro groups is 2. The Bertz CT molecular complexity index is 732. The fourth-order valence-electron chi connectivity index (χ4n) is 1.74. The predicted molar refractivity (Wildman–Crippen MR) is 78.7 cm³/mol. The molecule has 8 heteroatoms. The molecule has 7 nitrogen and oxygen atoms in total. The maximum absolute atomic E-state index is 11.0. The second kappa shape index (κ2) is 5.88. The van der Waals surface area contributed by atoms with Gasteiger partial charge in [0.25, 0.3) is 5.69 Å². The molecule has 0 radical (unpaired) electrons. The van der Waals surface area contributed by atoms with Crippen LogP contribution in [-0.4, -0.2) is 9.85 Å². The smallest absolute Gasteiger partial charge is 0.312 e. The van der Waals surface area contributed by atoms with Gasteiger partial charge < -0.3 is 4.74 Å². The van der Waals surface area contributed by atoms with Crippen LogP contribution in [0.3, 0.4) is 0 Å². The zero-order valence-electron chi connectivity index (χ0n) is 10.8. The summed E-state index contributed by atoms with van der Waals surface area (Å²) in [7, 11) is 0. The molecule has 0 bridgehead atoms. The van der Waals surface area contributed by atoms with Gasteiger partial charge in [-0.05, 0) is 31.2 Å². The van der Waals surface area contributed by atoms with E-state index in [1.54, 1.807) is 13.0 Å². The third-order valence-electron chi connectivity index (χ3n) is 2.71. The van der Waals surface area contributed by atoms with Gasteiger partial charge in [-0.3, -0.25) is 20.2 Å². The molecular formula is C13H9BrN2O5. The first-order valence-electron chi connectivity index (χ1n) is 5.75. The molecule has 2 rings (SSSR count). The van der Waals surface area contributed by atoms with E-state index in [1.807, 2.05) is 0 Å². The van der Waals surface area contributed by atoms with Gasteiger partial charge in [0.2, 0.25) is 5.75 Å². The summed E-state index contributed by atoms with van der Waals surface area (Å²) in [4.78, 5) is 20.7. The van der Waals surface area contributed by atoms with Gasteiger partial charge in [0, 0.05) is 22.2 Å². The number of aryl methyl sites for hydroxylation is 1. The molecule has 0 spiro atoms. The van der Waals surface area contributed by atoms with E-state index < -0.39 is 9.85 Å². The largest absolute Gasteiger partial charge is 0.450 e. The molecule has 0 fully saturated rings. The van der Waals surface area contributed by atoms with Crippen LogP contribution in [0.4, 0.5) is 11.4 Å². The number of hydrogen-bond acceptors (Lipinski definition) is 5. The molecular weight excluding hydrogens is 344 g/mol. The van der Waals surface area contributed by atoms with Crippen molar-refractivity contribution in [2.24, 2.45) is 0 Å². The minimum atomic E-state index is -0.557. The highest BCUT2D eigenvalue weighted by molar-refractivity contribution is 9.10. The highest BCUT2D eigenvalue weighted by Crippen LogP contribution is 2.34. The minimum absolute atomic E-state index is 0.0346. The van der Waals surface area contributed by atoms with Crippen molar-refractivity contribution in [3.8, 4) is 11.5 Å². The first kappa shape index (κ1) is 14.9. The van der Waals surface area contributed by atoms with E-state index in [4.69, 9.17) is 4.74 Å². The van der Waals surface area contributed by atoms with Crippen molar-refractivity contribution >= 4 is 27.3 Å². The SMILES string of the molecule is Cc1cc(Oc2ccc(Br)cc2[N+](=O)[O-])ccc1[N+](=O)[O-]. The number of nitrogens with zero attached hydrogens (tertiary/aromatic N) is 2. The molecule has 108 valence electrons. The topological polar surface area (TPSA) is 95.5 Å². The maximum atomic E-state index is 11.0. The summed E-state index contributed by atoms with van der Waals surface area (Å²) in [6.45, 7) is 1.57. The van der Waals surface area contributed by atoms with Crippen LogP contribution in [0.25, 0.3) is 0 Å². The molecule has 0 aliphatic rings. The maximum Gasteiger partial charge on any atom is 0.312 e. The average Bonchev–Trinajstić information content (AvgIpc) is 2.40. The summed E-state index contributed by atoms with van der Waals surface area (Å²) in [5.74, 6) is 0.361. The Hall–Kier alpha value is -2.48. The van der Waals surface area contributed by atoms with Crippen LogP contribution >= 0.6 is 15.9 Å². The Kier molecular flexibility index (Phi) is 4.18. The standard InChI is InChI=1S/C13H9BrN2O5/c1-8-6-10(3-4-11(8)15(17)18)21-13-5-2-9(14)7-12(13)16(19)20/h2-7H,1H3. The lowest BCUT2D eigenvalue weighted by Gasteiger charge is -2.07. The van der Waals surface area contributed by atoms with Gasteiger partial charge in [-0.2, -0.15) is 0 Å². The second-order valence-corrected chi connectivity index (χ2v) is 5.09. The first-order valence-corrected chi connectivity index (χ1v) is 6.54. The summed E-state index contributed by atoms with van der Waals surface area (Å²) in [6.07, 6.45) is 0. The average molecular weight is 353 g/mol. The van der Waals surface area contributed by atoms with Gasteiger partial charge in [0.05, 0.1) is 9.85 Å². The van der Waals surface area contributed by atoms with E-state index in [9.17, 15) is 20.2 Å². The lowest BCUT2D eigenvalue weighted by Crippen LogP contribution is -1.95. The first-order chi connectivity index (χ1) is 9.88. The van der Waals surface area contributed by atoms with Crippen LogP contribution < -0.4 is 4.74 Å². The molecule has 0 saturated heterocycles. The van der Waals surface area contributed by atoms with E-state index in [1.165, 1.54) is 30.3 Å². The predicted octanol–water partition coefficient (Wildman–Crippen LogP) is 4.37. The van der Waals surface area contributed by atoms with Crippen LogP contribution in [0.1, 0.15) is 5.56 Å². The highest BCUT2D eigenvalue weighted by Gasteiger charge is 2.17. The monoisotopic (exact) mass is 352 g/mol. The Morgan fingerprint density at radius 2 is 1.67 bits per heavy atom. The van der Waals surface area contributed by atoms with Crippen LogP contribution in [0.2, 0.25) is 0 Å². The fraction of sp³-hybridized carbons (Fsp3) is 0.0769. The molecule has 0 N–H and O–H groups in total. The van der Waals surface area contributed by atoms with Crippen molar-refractivity contribution in [2.45, 2.75) is 6.92 Å². The van der Waals surface area contributed by atoms with E-state index in [0.29, 0.717) is 15.8 Å². The molecule has 0 aliphatic carbocycles. The Labute approximate surface area is 127 Å². The number of hydrogen-bond donors (Lipinski definition) is 0. The Balaban J connectivity index is 2.37. The van der Waals surface area contributed by atoms with Gasteiger partial charge in [0.1, 0.15) is 5.75 Å². The molecule has 0 amide bonds. The van der Waals surface area contributed by atoms with Gasteiger partial charge >= 0.3 is 5.69 Å². The molecule has 0 aromatic heterocycles. The highest BCUT2D eigenvalue weighted by atomic mass is 79.9. The van der Waals surface area contributed by atoms with Crippen molar-refractivity contribution < 1.29 is 14.6 Å². The molecule has 0 heterocycles. The zero-order valence-corrected chi connectivity index (χ0v) is 12.4. The summed E-state index contributed by atoms with van der Waals surface area (Å²) >= 11 is 3.15. The van der Waals surface area contributed by atoms with Crippen molar-refractivity contribution in [1.29, 1.82) is 0 Å². The molecule has 0 aliphatic heterocycles. The lowest BCUT2D eigenvalue weighted by molar-refractivity contribution is -0.385.